The average Bonchev–Trinajstić information content (AvgIpc) is 3.10. The van der Waals surface area contributed by atoms with Crippen molar-refractivity contribution in [2.45, 2.75) is 37.6 Å². The van der Waals surface area contributed by atoms with E-state index in [0.717, 1.165) is 37.7 Å². The smallest absolute Gasteiger partial charge is 0.383 e. The van der Waals surface area contributed by atoms with Gasteiger partial charge in [0.1, 0.15) is 5.82 Å². The molecule has 31 heavy (non-hydrogen) atoms. The lowest BCUT2D eigenvalue weighted by Gasteiger charge is -2.43. The first-order valence-corrected chi connectivity index (χ1v) is 10.4. The third-order valence-electron chi connectivity index (χ3n) is 7.21. The number of rotatable bonds is 6. The molecule has 0 radical (unpaired) electrons. The molecule has 4 aliphatic rings. The molecule has 5 nitrogen and oxygen atoms in total. The topological polar surface area (TPSA) is 54.4 Å². The van der Waals surface area contributed by atoms with E-state index in [2.05, 4.69) is 9.88 Å². The van der Waals surface area contributed by atoms with Gasteiger partial charge in [-0.25, -0.2) is 13.8 Å². The van der Waals surface area contributed by atoms with Gasteiger partial charge in [0, 0.05) is 32.4 Å². The van der Waals surface area contributed by atoms with E-state index in [0.29, 0.717) is 29.7 Å². The minimum absolute atomic E-state index is 0.154. The molecule has 1 aromatic rings. The molecule has 168 valence electrons. The van der Waals surface area contributed by atoms with E-state index in [1.54, 1.807) is 13.2 Å². The molecule has 2 saturated carbocycles. The minimum atomic E-state index is -4.65. The Morgan fingerprint density at radius 3 is 2.52 bits per heavy atom. The number of nitrogen functional groups attached to an aromatic ring is 1. The summed E-state index contributed by atoms with van der Waals surface area (Å²) in [4.78, 5) is 6.06. The van der Waals surface area contributed by atoms with Crippen molar-refractivity contribution >= 4 is 17.2 Å². The molecule has 2 N–H and O–H groups in total. The first-order chi connectivity index (χ1) is 14.7. The van der Waals surface area contributed by atoms with Crippen molar-refractivity contribution in [3.63, 3.8) is 0 Å². The van der Waals surface area contributed by atoms with E-state index in [1.165, 1.54) is 10.8 Å². The van der Waals surface area contributed by atoms with Crippen LogP contribution in [-0.4, -0.2) is 65.5 Å². The van der Waals surface area contributed by atoms with Crippen LogP contribution in [0.2, 0.25) is 0 Å². The Labute approximate surface area is 176 Å². The van der Waals surface area contributed by atoms with Gasteiger partial charge in [-0.2, -0.15) is 17.7 Å². The molecular formula is C21H24F5N4O+. The van der Waals surface area contributed by atoms with Gasteiger partial charge in [-0.1, -0.05) is 0 Å². The van der Waals surface area contributed by atoms with Crippen molar-refractivity contribution in [3.8, 4) is 0 Å². The van der Waals surface area contributed by atoms with Crippen LogP contribution < -0.4 is 5.73 Å². The maximum Gasteiger partial charge on any atom is 0.419 e. The van der Waals surface area contributed by atoms with Crippen molar-refractivity contribution in [1.82, 2.24) is 9.88 Å². The third kappa shape index (κ3) is 3.53. The maximum atomic E-state index is 13.3. The molecule has 3 heterocycles. The first-order valence-electron chi connectivity index (χ1n) is 10.4. The lowest BCUT2D eigenvalue weighted by atomic mass is 9.94. The number of nitrogens with zero attached hydrogens (tertiary/aromatic N) is 3. The predicted molar refractivity (Wildman–Crippen MR) is 104 cm³/mol. The van der Waals surface area contributed by atoms with Crippen LogP contribution in [0.15, 0.2) is 18.3 Å². The largest absolute Gasteiger partial charge is 0.419 e. The van der Waals surface area contributed by atoms with Gasteiger partial charge >= 0.3 is 6.18 Å². The van der Waals surface area contributed by atoms with E-state index in [4.69, 9.17) is 10.5 Å². The molecule has 2 aliphatic heterocycles. The summed E-state index contributed by atoms with van der Waals surface area (Å²) >= 11 is 0. The van der Waals surface area contributed by atoms with Crippen molar-refractivity contribution < 1.29 is 31.3 Å². The van der Waals surface area contributed by atoms with Gasteiger partial charge in [-0.05, 0) is 30.7 Å². The zero-order chi connectivity index (χ0) is 22.1. The highest BCUT2D eigenvalue weighted by Crippen LogP contribution is 2.60. The van der Waals surface area contributed by atoms with Gasteiger partial charge in [-0.3, -0.25) is 4.90 Å². The molecule has 2 atom stereocenters. The fraction of sp³-hybridized carbons (Fsp3) is 0.619. The van der Waals surface area contributed by atoms with Crippen molar-refractivity contribution in [1.29, 1.82) is 0 Å². The summed E-state index contributed by atoms with van der Waals surface area (Å²) in [5.41, 5.74) is 5.63. The highest BCUT2D eigenvalue weighted by atomic mass is 19.4. The summed E-state index contributed by atoms with van der Waals surface area (Å²) in [5, 5.41) is 0. The number of anilines is 1. The number of fused-ring (bicyclic) bond motifs is 1. The Hall–Kier alpha value is -2.07. The van der Waals surface area contributed by atoms with Crippen LogP contribution in [0.25, 0.3) is 5.70 Å². The Balaban J connectivity index is 1.31. The number of hydrogen-bond acceptors (Lipinski definition) is 4. The molecule has 0 amide bonds. The van der Waals surface area contributed by atoms with E-state index >= 15 is 0 Å². The Bertz CT molecular complexity index is 942. The molecule has 1 saturated heterocycles. The summed E-state index contributed by atoms with van der Waals surface area (Å²) in [6, 6.07) is 1.41. The zero-order valence-corrected chi connectivity index (χ0v) is 16.9. The van der Waals surface area contributed by atoms with E-state index in [-0.39, 0.29) is 11.5 Å². The summed E-state index contributed by atoms with van der Waals surface area (Å²) in [5.74, 6) is 0.497. The summed E-state index contributed by atoms with van der Waals surface area (Å²) in [7, 11) is 1.72. The number of alkyl halides is 5. The van der Waals surface area contributed by atoms with Crippen molar-refractivity contribution in [2.75, 3.05) is 32.5 Å². The van der Waals surface area contributed by atoms with E-state index < -0.39 is 30.5 Å². The highest BCUT2D eigenvalue weighted by molar-refractivity contribution is 6.06. The minimum Gasteiger partial charge on any atom is -0.383 e. The van der Waals surface area contributed by atoms with Gasteiger partial charge in [0.25, 0.3) is 6.43 Å². The van der Waals surface area contributed by atoms with Crippen LogP contribution in [0.5, 0.6) is 0 Å². The molecule has 0 aromatic carbocycles. The summed E-state index contributed by atoms with van der Waals surface area (Å²) in [6.45, 7) is 1.35. The molecule has 2 aliphatic carbocycles. The molecule has 0 bridgehead atoms. The number of likely N-dealkylation sites (tertiary alicyclic amines) is 1. The van der Waals surface area contributed by atoms with Gasteiger partial charge in [0.05, 0.1) is 29.2 Å². The second-order valence-corrected chi connectivity index (χ2v) is 8.90. The molecule has 2 unspecified atom stereocenters. The highest BCUT2D eigenvalue weighted by Gasteiger charge is 2.63. The second kappa shape index (κ2) is 7.23. The number of ether oxygens (including phenoxy) is 1. The standard InChI is InChI=1S/C21H23F5N4O/c1-31-12-7-29(8-12)11-3-13-14(4-11)19(13)17-5-16(30(17)9-18(22)23)10-2-15(21(24,25)26)20(27)28-6-10/h2,5-6,11-14,18-19,27H,3-4,7-9H2,1H3/p+1. The number of methoxy groups -OCH3 is 1. The Morgan fingerprint density at radius 1 is 1.26 bits per heavy atom. The number of nitrogens with two attached hydrogens (primary N) is 1. The van der Waals surface area contributed by atoms with Gasteiger partial charge in [0.2, 0.25) is 12.2 Å². The quantitative estimate of drug-likeness (QED) is 0.542. The van der Waals surface area contributed by atoms with E-state index in [1.807, 2.05) is 0 Å². The molecular weight excluding hydrogens is 419 g/mol. The van der Waals surface area contributed by atoms with Crippen LogP contribution in [0.1, 0.15) is 24.0 Å². The fourth-order valence-corrected chi connectivity index (χ4v) is 5.53. The van der Waals surface area contributed by atoms with Crippen LogP contribution >= 0.6 is 0 Å². The first kappa shape index (κ1) is 20.8. The number of aromatic nitrogens is 1. The van der Waals surface area contributed by atoms with Gasteiger partial charge in [0.15, 0.2) is 5.71 Å². The van der Waals surface area contributed by atoms with Crippen LogP contribution in [0.3, 0.4) is 0 Å². The lowest BCUT2D eigenvalue weighted by Crippen LogP contribution is -2.55. The zero-order valence-electron chi connectivity index (χ0n) is 16.9. The van der Waals surface area contributed by atoms with Crippen LogP contribution in [-0.2, 0) is 10.9 Å². The Kier molecular flexibility index (Phi) is 4.85. The predicted octanol–water partition coefficient (Wildman–Crippen LogP) is 3.11. The second-order valence-electron chi connectivity index (χ2n) is 8.90. The van der Waals surface area contributed by atoms with Crippen molar-refractivity contribution in [3.05, 3.63) is 29.5 Å². The van der Waals surface area contributed by atoms with Crippen molar-refractivity contribution in [2.24, 2.45) is 17.8 Å². The molecule has 0 spiro atoms. The van der Waals surface area contributed by atoms with Crippen LogP contribution in [0.4, 0.5) is 27.8 Å². The van der Waals surface area contributed by atoms with Gasteiger partial charge < -0.3 is 10.5 Å². The van der Waals surface area contributed by atoms with Gasteiger partial charge in [-0.15, -0.1) is 0 Å². The third-order valence-corrected chi connectivity index (χ3v) is 7.21. The van der Waals surface area contributed by atoms with Crippen LogP contribution in [0, 0.1) is 17.8 Å². The number of halogens is 5. The monoisotopic (exact) mass is 443 g/mol. The Morgan fingerprint density at radius 2 is 1.94 bits per heavy atom. The average molecular weight is 443 g/mol. The fourth-order valence-electron chi connectivity index (χ4n) is 5.53. The molecule has 5 rings (SSSR count). The van der Waals surface area contributed by atoms with E-state index in [9.17, 15) is 22.0 Å². The molecule has 1 aromatic heterocycles. The molecule has 3 fully saturated rings. The number of allylic oxidation sites excluding steroid dienone is 1. The SMILES string of the molecule is COC1CN(C2CC3C(C2)C3C2=[N+](CC(F)F)C(c3cnc(N)c(C(F)(F)F)c3)=C2)C1. The number of hydrogen-bond donors (Lipinski definition) is 1. The lowest BCUT2D eigenvalue weighted by molar-refractivity contribution is -0.458. The maximum absolute atomic E-state index is 13.3. The summed E-state index contributed by atoms with van der Waals surface area (Å²) in [6.07, 6.45) is -1.93. The molecule has 10 heteroatoms. The number of pyridine rings is 1. The summed E-state index contributed by atoms with van der Waals surface area (Å²) < 4.78 is 72.9. The normalized spacial score (nSPS) is 30.9.